The van der Waals surface area contributed by atoms with Crippen LogP contribution in [0.25, 0.3) is 17.6 Å². The number of hydrogen-bond donors (Lipinski definition) is 1. The van der Waals surface area contributed by atoms with Gasteiger partial charge in [-0.15, -0.1) is 5.10 Å². The van der Waals surface area contributed by atoms with Crippen molar-refractivity contribution in [3.63, 3.8) is 0 Å². The highest BCUT2D eigenvalue weighted by atomic mass is 19.4. The van der Waals surface area contributed by atoms with Crippen molar-refractivity contribution in [2.24, 2.45) is 0 Å². The zero-order valence-corrected chi connectivity index (χ0v) is 14.7. The first-order chi connectivity index (χ1) is 13.3. The fraction of sp³-hybridized carbons (Fsp3) is 0.167. The first-order valence-corrected chi connectivity index (χ1v) is 8.11. The van der Waals surface area contributed by atoms with Gasteiger partial charge in [0.1, 0.15) is 12.7 Å². The van der Waals surface area contributed by atoms with Crippen molar-refractivity contribution in [1.29, 1.82) is 0 Å². The summed E-state index contributed by atoms with van der Waals surface area (Å²) >= 11 is 0. The topological polar surface area (TPSA) is 85.6 Å². The number of alkyl halides is 3. The fourth-order valence-electron chi connectivity index (χ4n) is 2.37. The van der Waals surface area contributed by atoms with Crippen LogP contribution < -0.4 is 5.32 Å². The van der Waals surface area contributed by atoms with Crippen LogP contribution in [0.3, 0.4) is 0 Å². The molecule has 10 heteroatoms. The Kier molecular flexibility index (Phi) is 5.48. The molecule has 0 saturated carbocycles. The van der Waals surface area contributed by atoms with E-state index in [1.807, 2.05) is 0 Å². The molecule has 1 N–H and O–H groups in total. The number of nitrogens with zero attached hydrogens (tertiary/aromatic N) is 5. The molecule has 7 nitrogen and oxygen atoms in total. The Morgan fingerprint density at radius 2 is 1.96 bits per heavy atom. The third kappa shape index (κ3) is 5.00. The molecule has 2 aromatic heterocycles. The minimum Gasteiger partial charge on any atom is -0.348 e. The molecule has 28 heavy (non-hydrogen) atoms. The molecule has 3 rings (SSSR count). The van der Waals surface area contributed by atoms with Crippen LogP contribution in [0.5, 0.6) is 0 Å². The molecule has 3 aromatic rings. The molecule has 0 unspecified atom stereocenters. The maximum atomic E-state index is 13.0. The van der Waals surface area contributed by atoms with Gasteiger partial charge in [0.05, 0.1) is 5.56 Å². The molecule has 0 saturated heterocycles. The van der Waals surface area contributed by atoms with Crippen LogP contribution in [-0.2, 0) is 17.5 Å². The van der Waals surface area contributed by atoms with Crippen LogP contribution in [0, 0.1) is 6.92 Å². The van der Waals surface area contributed by atoms with Crippen LogP contribution in [-0.4, -0.2) is 30.6 Å². The summed E-state index contributed by atoms with van der Waals surface area (Å²) in [6, 6.07) is 3.61. The quantitative estimate of drug-likeness (QED) is 0.680. The lowest BCUT2D eigenvalue weighted by molar-refractivity contribution is -0.137. The van der Waals surface area contributed by atoms with E-state index in [4.69, 9.17) is 0 Å². The van der Waals surface area contributed by atoms with Gasteiger partial charge >= 0.3 is 6.18 Å². The van der Waals surface area contributed by atoms with Crippen LogP contribution in [0.1, 0.15) is 16.7 Å². The summed E-state index contributed by atoms with van der Waals surface area (Å²) in [6.07, 6.45) is 3.99. The molecule has 0 atom stereocenters. The second-order valence-corrected chi connectivity index (χ2v) is 5.91. The van der Waals surface area contributed by atoms with Gasteiger partial charge < -0.3 is 5.32 Å². The van der Waals surface area contributed by atoms with Crippen molar-refractivity contribution in [3.8, 4) is 11.4 Å². The number of aromatic nitrogens is 5. The van der Waals surface area contributed by atoms with Gasteiger partial charge in [0, 0.05) is 42.3 Å². The van der Waals surface area contributed by atoms with Gasteiger partial charge in [0.2, 0.25) is 5.91 Å². The standard InChI is InChI=1S/C18H15F3N6O/c1-12-4-14(6-15(5-12)18(19,20)21)17-25-11-27(26-17)3-2-16(28)24-9-13-7-22-10-23-8-13/h2-8,10-11H,9H2,1H3,(H,24,28). The number of rotatable bonds is 5. The van der Waals surface area contributed by atoms with Crippen molar-refractivity contribution in [3.05, 3.63) is 66.0 Å². The van der Waals surface area contributed by atoms with Crippen molar-refractivity contribution < 1.29 is 18.0 Å². The number of amides is 1. The lowest BCUT2D eigenvalue weighted by atomic mass is 10.1. The smallest absolute Gasteiger partial charge is 0.348 e. The van der Waals surface area contributed by atoms with Gasteiger partial charge in [-0.1, -0.05) is 0 Å². The zero-order chi connectivity index (χ0) is 20.1. The van der Waals surface area contributed by atoms with E-state index in [1.54, 1.807) is 25.4 Å². The Labute approximate surface area is 158 Å². The Morgan fingerprint density at radius 1 is 1.21 bits per heavy atom. The largest absolute Gasteiger partial charge is 0.416 e. The number of nitrogens with one attached hydrogen (secondary N) is 1. The Hall–Kier alpha value is -3.56. The van der Waals surface area contributed by atoms with Crippen LogP contribution in [0.2, 0.25) is 0 Å². The lowest BCUT2D eigenvalue weighted by Gasteiger charge is -2.09. The highest BCUT2D eigenvalue weighted by molar-refractivity contribution is 5.89. The average molecular weight is 388 g/mol. The molecule has 0 aliphatic carbocycles. The second-order valence-electron chi connectivity index (χ2n) is 5.91. The monoisotopic (exact) mass is 388 g/mol. The number of hydrogen-bond acceptors (Lipinski definition) is 5. The molecule has 0 fully saturated rings. The van der Waals surface area contributed by atoms with Gasteiger partial charge in [-0.05, 0) is 30.7 Å². The Balaban J connectivity index is 1.68. The molecule has 1 aromatic carbocycles. The third-order valence-corrected chi connectivity index (χ3v) is 3.63. The van der Waals surface area contributed by atoms with E-state index >= 15 is 0 Å². The predicted molar refractivity (Wildman–Crippen MR) is 94.4 cm³/mol. The van der Waals surface area contributed by atoms with Crippen molar-refractivity contribution in [2.75, 3.05) is 0 Å². The number of aryl methyl sites for hydroxylation is 1. The molecule has 0 aliphatic rings. The summed E-state index contributed by atoms with van der Waals surface area (Å²) < 4.78 is 40.1. The molecule has 0 radical (unpaired) electrons. The lowest BCUT2D eigenvalue weighted by Crippen LogP contribution is -2.20. The Morgan fingerprint density at radius 3 is 2.68 bits per heavy atom. The Bertz CT molecular complexity index is 998. The highest BCUT2D eigenvalue weighted by Gasteiger charge is 2.31. The van der Waals surface area contributed by atoms with Gasteiger partial charge in [-0.3, -0.25) is 4.79 Å². The van der Waals surface area contributed by atoms with Gasteiger partial charge in [-0.25, -0.2) is 19.6 Å². The summed E-state index contributed by atoms with van der Waals surface area (Å²) in [5.41, 5.74) is 0.667. The second kappa shape index (κ2) is 7.99. The van der Waals surface area contributed by atoms with Crippen LogP contribution in [0.4, 0.5) is 13.2 Å². The SMILES string of the molecule is Cc1cc(-c2ncn(C=CC(=O)NCc3cncnc3)n2)cc(C(F)(F)F)c1. The van der Waals surface area contributed by atoms with Gasteiger partial charge in [0.25, 0.3) is 0 Å². The molecule has 0 spiro atoms. The van der Waals surface area contributed by atoms with E-state index < -0.39 is 11.7 Å². The highest BCUT2D eigenvalue weighted by Crippen LogP contribution is 2.32. The fourth-order valence-corrected chi connectivity index (χ4v) is 2.37. The maximum Gasteiger partial charge on any atom is 0.416 e. The normalized spacial score (nSPS) is 11.7. The minimum atomic E-state index is -4.45. The van der Waals surface area contributed by atoms with Crippen LogP contribution in [0.15, 0.2) is 49.3 Å². The number of carbonyl (C=O) groups is 1. The van der Waals surface area contributed by atoms with E-state index in [1.165, 1.54) is 29.6 Å². The summed E-state index contributed by atoms with van der Waals surface area (Å²) in [6.45, 7) is 1.83. The summed E-state index contributed by atoms with van der Waals surface area (Å²) in [4.78, 5) is 23.5. The molecular weight excluding hydrogens is 373 g/mol. The number of carbonyl (C=O) groups excluding carboxylic acids is 1. The number of benzene rings is 1. The maximum absolute atomic E-state index is 13.0. The summed E-state index contributed by atoms with van der Waals surface area (Å²) in [5.74, 6) is -0.253. The van der Waals surface area contributed by atoms with E-state index in [2.05, 4.69) is 25.4 Å². The van der Waals surface area contributed by atoms with Crippen LogP contribution >= 0.6 is 0 Å². The van der Waals surface area contributed by atoms with Crippen molar-refractivity contribution >= 4 is 12.1 Å². The van der Waals surface area contributed by atoms with E-state index in [0.29, 0.717) is 5.56 Å². The van der Waals surface area contributed by atoms with Crippen molar-refractivity contribution in [1.82, 2.24) is 30.0 Å². The average Bonchev–Trinajstić information content (AvgIpc) is 3.13. The molecule has 2 heterocycles. The molecule has 144 valence electrons. The van der Waals surface area contributed by atoms with Gasteiger partial charge in [0.15, 0.2) is 5.82 Å². The van der Waals surface area contributed by atoms with E-state index in [0.717, 1.165) is 17.7 Å². The first kappa shape index (κ1) is 19.2. The first-order valence-electron chi connectivity index (χ1n) is 8.11. The van der Waals surface area contributed by atoms with Crippen molar-refractivity contribution in [2.45, 2.75) is 19.6 Å². The third-order valence-electron chi connectivity index (χ3n) is 3.63. The molecule has 0 bridgehead atoms. The van der Waals surface area contributed by atoms with E-state index in [-0.39, 0.29) is 23.8 Å². The predicted octanol–water partition coefficient (Wildman–Crippen LogP) is 2.85. The molecule has 0 aliphatic heterocycles. The minimum absolute atomic E-state index is 0.126. The van der Waals surface area contributed by atoms with E-state index in [9.17, 15) is 18.0 Å². The summed E-state index contributed by atoms with van der Waals surface area (Å²) in [5, 5.41) is 6.73. The van der Waals surface area contributed by atoms with Gasteiger partial charge in [-0.2, -0.15) is 13.2 Å². The molecule has 1 amide bonds. The zero-order valence-electron chi connectivity index (χ0n) is 14.7. The number of halogens is 3. The summed E-state index contributed by atoms with van der Waals surface area (Å²) in [7, 11) is 0. The molecular formula is C18H15F3N6O.